The highest BCUT2D eigenvalue weighted by molar-refractivity contribution is 7.99. The summed E-state index contributed by atoms with van der Waals surface area (Å²) in [6.45, 7) is 4.00. The summed E-state index contributed by atoms with van der Waals surface area (Å²) in [5, 5.41) is 15.3. The fraction of sp³-hybridized carbons (Fsp3) is 0.143. The van der Waals surface area contributed by atoms with Gasteiger partial charge in [0.15, 0.2) is 0 Å². The van der Waals surface area contributed by atoms with Crippen LogP contribution in [0.4, 0.5) is 5.69 Å². The highest BCUT2D eigenvalue weighted by Gasteiger charge is 2.14. The van der Waals surface area contributed by atoms with Crippen molar-refractivity contribution in [2.75, 3.05) is 11.1 Å². The van der Waals surface area contributed by atoms with Gasteiger partial charge in [0, 0.05) is 5.69 Å². The summed E-state index contributed by atoms with van der Waals surface area (Å²) in [6, 6.07) is 15.7. The molecule has 1 amide bonds. The first-order valence-corrected chi connectivity index (χ1v) is 11.6. The lowest BCUT2D eigenvalue weighted by Gasteiger charge is -2.05. The number of hydrogen-bond acceptors (Lipinski definition) is 7. The van der Waals surface area contributed by atoms with Crippen molar-refractivity contribution in [3.8, 4) is 20.5 Å². The summed E-state index contributed by atoms with van der Waals surface area (Å²) in [6.07, 6.45) is 0. The predicted octanol–water partition coefficient (Wildman–Crippen LogP) is 5.68. The third-order valence-corrected chi connectivity index (χ3v) is 7.23. The molecule has 0 saturated heterocycles. The Bertz CT molecular complexity index is 1100. The maximum atomic E-state index is 12.1. The number of carbonyl (C=O) groups is 1. The van der Waals surface area contributed by atoms with Gasteiger partial charge < -0.3 is 5.32 Å². The van der Waals surface area contributed by atoms with Gasteiger partial charge in [-0.25, -0.2) is 4.98 Å². The highest BCUT2D eigenvalue weighted by Crippen LogP contribution is 2.36. The number of hydrogen-bond donors (Lipinski definition) is 1. The van der Waals surface area contributed by atoms with E-state index in [0.29, 0.717) is 5.03 Å². The Balaban J connectivity index is 1.38. The minimum Gasteiger partial charge on any atom is -0.325 e. The molecule has 146 valence electrons. The average molecular weight is 439 g/mol. The summed E-state index contributed by atoms with van der Waals surface area (Å²) in [5.41, 5.74) is 3.71. The summed E-state index contributed by atoms with van der Waals surface area (Å²) in [5.74, 6) is 0.216. The van der Waals surface area contributed by atoms with Gasteiger partial charge in [-0.15, -0.1) is 32.9 Å². The van der Waals surface area contributed by atoms with Gasteiger partial charge in [-0.2, -0.15) is 0 Å². The van der Waals surface area contributed by atoms with Gasteiger partial charge in [0.05, 0.1) is 21.2 Å². The van der Waals surface area contributed by atoms with Crippen molar-refractivity contribution >= 4 is 46.0 Å². The maximum absolute atomic E-state index is 12.1. The molecule has 0 fully saturated rings. The van der Waals surface area contributed by atoms with Crippen molar-refractivity contribution in [2.45, 2.75) is 18.9 Å². The van der Waals surface area contributed by atoms with Crippen molar-refractivity contribution in [3.05, 3.63) is 65.2 Å². The molecule has 1 aromatic carbocycles. The predicted molar refractivity (Wildman–Crippen MR) is 122 cm³/mol. The van der Waals surface area contributed by atoms with Gasteiger partial charge in [0.2, 0.25) is 5.91 Å². The molecule has 0 aliphatic heterocycles. The van der Waals surface area contributed by atoms with Crippen LogP contribution in [0.3, 0.4) is 0 Å². The zero-order valence-corrected chi connectivity index (χ0v) is 18.3. The van der Waals surface area contributed by atoms with Gasteiger partial charge in [0.25, 0.3) is 0 Å². The van der Waals surface area contributed by atoms with Crippen LogP contribution in [0, 0.1) is 13.8 Å². The largest absolute Gasteiger partial charge is 0.325 e. The summed E-state index contributed by atoms with van der Waals surface area (Å²) >= 11 is 4.67. The fourth-order valence-corrected chi connectivity index (χ4v) is 5.07. The second-order valence-corrected chi connectivity index (χ2v) is 9.31. The zero-order chi connectivity index (χ0) is 20.2. The normalized spacial score (nSPS) is 10.8. The number of anilines is 1. The first-order chi connectivity index (χ1) is 14.1. The molecule has 1 N–H and O–H groups in total. The first kappa shape index (κ1) is 19.8. The second-order valence-electron chi connectivity index (χ2n) is 6.37. The van der Waals surface area contributed by atoms with Gasteiger partial charge in [-0.05, 0) is 49.6 Å². The monoisotopic (exact) mass is 438 g/mol. The first-order valence-electron chi connectivity index (χ1n) is 8.93. The van der Waals surface area contributed by atoms with Crippen molar-refractivity contribution in [3.63, 3.8) is 0 Å². The van der Waals surface area contributed by atoms with E-state index in [1.54, 1.807) is 22.7 Å². The van der Waals surface area contributed by atoms with Crippen molar-refractivity contribution in [1.82, 2.24) is 15.2 Å². The summed E-state index contributed by atoms with van der Waals surface area (Å²) in [7, 11) is 0. The van der Waals surface area contributed by atoms with Crippen LogP contribution >= 0.6 is 34.4 Å². The van der Waals surface area contributed by atoms with Gasteiger partial charge in [-0.1, -0.05) is 35.5 Å². The molecule has 4 aromatic rings. The number of nitrogens with zero attached hydrogens (tertiary/aromatic N) is 3. The number of carbonyl (C=O) groups excluding carboxylic acids is 1. The fourth-order valence-electron chi connectivity index (χ4n) is 2.63. The molecule has 0 unspecified atom stereocenters. The van der Waals surface area contributed by atoms with Crippen molar-refractivity contribution in [2.24, 2.45) is 0 Å². The Kier molecular flexibility index (Phi) is 6.03. The van der Waals surface area contributed by atoms with E-state index in [1.807, 2.05) is 61.7 Å². The molecule has 29 heavy (non-hydrogen) atoms. The van der Waals surface area contributed by atoms with Crippen LogP contribution in [0.15, 0.2) is 58.9 Å². The quantitative estimate of drug-likeness (QED) is 0.393. The molecule has 0 radical (unpaired) electrons. The average Bonchev–Trinajstić information content (AvgIpc) is 3.38. The molecule has 3 aromatic heterocycles. The highest BCUT2D eigenvalue weighted by atomic mass is 32.2. The Labute approximate surface area is 181 Å². The number of aryl methyl sites for hydroxylation is 2. The van der Waals surface area contributed by atoms with E-state index < -0.39 is 0 Å². The van der Waals surface area contributed by atoms with E-state index in [1.165, 1.54) is 11.8 Å². The van der Waals surface area contributed by atoms with Crippen LogP contribution < -0.4 is 5.32 Å². The minimum atomic E-state index is -0.0661. The SMILES string of the molecule is Cc1ccc(NC(=O)CSc2ccc(-c3sc(-c4cccs4)nc3C)nn2)cc1. The smallest absolute Gasteiger partial charge is 0.234 e. The number of rotatable bonds is 6. The van der Waals surface area contributed by atoms with Crippen LogP contribution in [0.5, 0.6) is 0 Å². The number of aromatic nitrogens is 3. The third-order valence-electron chi connectivity index (χ3n) is 4.09. The standard InChI is InChI=1S/C21H18N4OS3/c1-13-5-7-15(8-6-13)23-18(26)12-28-19-10-9-16(24-25-19)20-14(2)22-21(29-20)17-4-3-11-27-17/h3-11H,12H2,1-2H3,(H,23,26). The molecule has 0 aliphatic rings. The van der Waals surface area contributed by atoms with Crippen LogP contribution in [-0.4, -0.2) is 26.8 Å². The molecule has 0 spiro atoms. The van der Waals surface area contributed by atoms with Crippen LogP contribution in [-0.2, 0) is 4.79 Å². The van der Waals surface area contributed by atoms with E-state index in [9.17, 15) is 4.79 Å². The number of nitrogens with one attached hydrogen (secondary N) is 1. The number of benzene rings is 1. The number of thioether (sulfide) groups is 1. The Morgan fingerprint density at radius 3 is 2.59 bits per heavy atom. The molecular formula is C21H18N4OS3. The molecule has 0 aliphatic carbocycles. The van der Waals surface area contributed by atoms with Gasteiger partial charge in [-0.3, -0.25) is 4.79 Å². The second kappa shape index (κ2) is 8.86. The summed E-state index contributed by atoms with van der Waals surface area (Å²) < 4.78 is 0. The van der Waals surface area contributed by atoms with Gasteiger partial charge in [0.1, 0.15) is 15.7 Å². The number of thiophene rings is 1. The lowest BCUT2D eigenvalue weighted by molar-refractivity contribution is -0.113. The van der Waals surface area contributed by atoms with E-state index in [0.717, 1.165) is 37.4 Å². The molecule has 5 nitrogen and oxygen atoms in total. The van der Waals surface area contributed by atoms with E-state index in [4.69, 9.17) is 0 Å². The van der Waals surface area contributed by atoms with Crippen molar-refractivity contribution in [1.29, 1.82) is 0 Å². The minimum absolute atomic E-state index is 0.0661. The summed E-state index contributed by atoms with van der Waals surface area (Å²) in [4.78, 5) is 19.0. The Morgan fingerprint density at radius 2 is 1.90 bits per heavy atom. The van der Waals surface area contributed by atoms with E-state index in [2.05, 4.69) is 26.6 Å². The van der Waals surface area contributed by atoms with Gasteiger partial charge >= 0.3 is 0 Å². The van der Waals surface area contributed by atoms with Crippen molar-refractivity contribution < 1.29 is 4.79 Å². The Hall–Kier alpha value is -2.55. The number of thiazole rings is 1. The van der Waals surface area contributed by atoms with Crippen LogP contribution in [0.2, 0.25) is 0 Å². The Morgan fingerprint density at radius 1 is 1.07 bits per heavy atom. The molecule has 8 heteroatoms. The molecular weight excluding hydrogens is 420 g/mol. The molecule has 4 rings (SSSR count). The van der Waals surface area contributed by atoms with E-state index in [-0.39, 0.29) is 11.7 Å². The lowest BCUT2D eigenvalue weighted by atomic mass is 10.2. The lowest BCUT2D eigenvalue weighted by Crippen LogP contribution is -2.14. The van der Waals surface area contributed by atoms with Crippen LogP contribution in [0.25, 0.3) is 20.5 Å². The molecule has 0 bridgehead atoms. The van der Waals surface area contributed by atoms with Crippen LogP contribution in [0.1, 0.15) is 11.3 Å². The molecule has 0 saturated carbocycles. The molecule has 0 atom stereocenters. The van der Waals surface area contributed by atoms with E-state index >= 15 is 0 Å². The maximum Gasteiger partial charge on any atom is 0.234 e. The topological polar surface area (TPSA) is 67.8 Å². The number of amides is 1. The molecule has 3 heterocycles. The zero-order valence-electron chi connectivity index (χ0n) is 15.9. The third kappa shape index (κ3) is 4.90.